The molecule has 0 saturated carbocycles. The first-order valence-electron chi connectivity index (χ1n) is 6.19. The lowest BCUT2D eigenvalue weighted by Gasteiger charge is -2.09. The van der Waals surface area contributed by atoms with Crippen LogP contribution in [0.25, 0.3) is 0 Å². The summed E-state index contributed by atoms with van der Waals surface area (Å²) in [5.41, 5.74) is 3.31. The number of nitrogens with one attached hydrogen (secondary N) is 1. The number of carbonyl (C=O) groups is 1. The average Bonchev–Trinajstić information content (AvgIpc) is 2.83. The molecule has 0 fully saturated rings. The standard InChI is InChI=1S/C15H14N2OS/c1-10-2-3-11-9-14(19-13(11)8-10)15(18)17-12-4-6-16-7-5-12/h2-8,14H,9H2,1H3,(H,16,17,18)/t14-/m0/s1. The number of carbonyl (C=O) groups excluding carboxylic acids is 1. The summed E-state index contributed by atoms with van der Waals surface area (Å²) >= 11 is 1.65. The predicted octanol–water partition coefficient (Wildman–Crippen LogP) is 3.05. The van der Waals surface area contributed by atoms with Crippen molar-refractivity contribution in [2.45, 2.75) is 23.5 Å². The van der Waals surface area contributed by atoms with Gasteiger partial charge in [0.25, 0.3) is 0 Å². The van der Waals surface area contributed by atoms with Crippen LogP contribution >= 0.6 is 11.8 Å². The van der Waals surface area contributed by atoms with Crippen LogP contribution in [-0.2, 0) is 11.2 Å². The van der Waals surface area contributed by atoms with Crippen LogP contribution in [0.5, 0.6) is 0 Å². The third kappa shape index (κ3) is 2.63. The number of aryl methyl sites for hydroxylation is 1. The van der Waals surface area contributed by atoms with E-state index in [4.69, 9.17) is 0 Å². The van der Waals surface area contributed by atoms with Gasteiger partial charge >= 0.3 is 0 Å². The molecule has 2 aromatic rings. The lowest BCUT2D eigenvalue weighted by molar-refractivity contribution is -0.115. The molecule has 4 heteroatoms. The summed E-state index contributed by atoms with van der Waals surface area (Å²) in [6, 6.07) is 9.98. The van der Waals surface area contributed by atoms with Crippen molar-refractivity contribution in [3.63, 3.8) is 0 Å². The third-order valence-corrected chi connectivity index (χ3v) is 4.44. The van der Waals surface area contributed by atoms with Crippen molar-refractivity contribution in [2.24, 2.45) is 0 Å². The molecule has 1 aliphatic heterocycles. The number of benzene rings is 1. The molecule has 0 unspecified atom stereocenters. The molecule has 1 aromatic carbocycles. The van der Waals surface area contributed by atoms with Crippen molar-refractivity contribution >= 4 is 23.4 Å². The van der Waals surface area contributed by atoms with E-state index in [2.05, 4.69) is 35.4 Å². The minimum absolute atomic E-state index is 0.0371. The number of hydrogen-bond donors (Lipinski definition) is 1. The Morgan fingerprint density at radius 2 is 2.11 bits per heavy atom. The molecule has 0 spiro atoms. The van der Waals surface area contributed by atoms with Gasteiger partial charge in [-0.25, -0.2) is 0 Å². The molecule has 1 atom stereocenters. The van der Waals surface area contributed by atoms with E-state index >= 15 is 0 Å². The molecule has 1 aromatic heterocycles. The van der Waals surface area contributed by atoms with E-state index in [1.807, 2.05) is 0 Å². The summed E-state index contributed by atoms with van der Waals surface area (Å²) in [6.45, 7) is 2.07. The lowest BCUT2D eigenvalue weighted by Crippen LogP contribution is -2.24. The number of rotatable bonds is 2. The van der Waals surface area contributed by atoms with Crippen molar-refractivity contribution in [3.05, 3.63) is 53.9 Å². The van der Waals surface area contributed by atoms with Crippen LogP contribution in [0.2, 0.25) is 0 Å². The minimum atomic E-state index is -0.0371. The number of amides is 1. The van der Waals surface area contributed by atoms with Crippen LogP contribution < -0.4 is 5.32 Å². The molecule has 1 amide bonds. The fourth-order valence-electron chi connectivity index (χ4n) is 2.14. The van der Waals surface area contributed by atoms with Gasteiger partial charge in [-0.15, -0.1) is 11.8 Å². The molecule has 1 N–H and O–H groups in total. The van der Waals surface area contributed by atoms with Gasteiger partial charge in [0.15, 0.2) is 0 Å². The highest BCUT2D eigenvalue weighted by Crippen LogP contribution is 2.37. The van der Waals surface area contributed by atoms with Gasteiger partial charge in [0.1, 0.15) is 0 Å². The van der Waals surface area contributed by atoms with E-state index in [0.717, 1.165) is 12.1 Å². The van der Waals surface area contributed by atoms with Gasteiger partial charge in [-0.1, -0.05) is 17.7 Å². The van der Waals surface area contributed by atoms with Gasteiger partial charge in [0.05, 0.1) is 5.25 Å². The number of nitrogens with zero attached hydrogens (tertiary/aromatic N) is 1. The number of aromatic nitrogens is 1. The van der Waals surface area contributed by atoms with Crippen molar-refractivity contribution in [2.75, 3.05) is 5.32 Å². The quantitative estimate of drug-likeness (QED) is 0.912. The predicted molar refractivity (Wildman–Crippen MR) is 77.4 cm³/mol. The average molecular weight is 270 g/mol. The Kier molecular flexibility index (Phi) is 3.25. The SMILES string of the molecule is Cc1ccc2c(c1)S[C@H](C(=O)Nc1ccncc1)C2. The van der Waals surface area contributed by atoms with Gasteiger partial charge in [0, 0.05) is 23.0 Å². The highest BCUT2D eigenvalue weighted by Gasteiger charge is 2.28. The number of thioether (sulfide) groups is 1. The number of pyridine rings is 1. The van der Waals surface area contributed by atoms with Gasteiger partial charge in [-0.3, -0.25) is 9.78 Å². The van der Waals surface area contributed by atoms with E-state index in [9.17, 15) is 4.79 Å². The fraction of sp³-hybridized carbons (Fsp3) is 0.200. The van der Waals surface area contributed by atoms with E-state index in [1.165, 1.54) is 16.0 Å². The Morgan fingerprint density at radius 3 is 2.89 bits per heavy atom. The van der Waals surface area contributed by atoms with Gasteiger partial charge in [0.2, 0.25) is 5.91 Å². The summed E-state index contributed by atoms with van der Waals surface area (Å²) in [6.07, 6.45) is 4.15. The second-order valence-corrected chi connectivity index (χ2v) is 5.89. The Bertz CT molecular complexity index is 613. The zero-order valence-corrected chi connectivity index (χ0v) is 11.4. The van der Waals surface area contributed by atoms with E-state index in [-0.39, 0.29) is 11.2 Å². The maximum atomic E-state index is 12.2. The highest BCUT2D eigenvalue weighted by molar-refractivity contribution is 8.01. The van der Waals surface area contributed by atoms with E-state index < -0.39 is 0 Å². The summed E-state index contributed by atoms with van der Waals surface area (Å²) in [5.74, 6) is 0.0602. The van der Waals surface area contributed by atoms with Crippen molar-refractivity contribution in [3.8, 4) is 0 Å². The first-order valence-corrected chi connectivity index (χ1v) is 7.07. The van der Waals surface area contributed by atoms with E-state index in [1.54, 1.807) is 36.3 Å². The Balaban J connectivity index is 1.71. The topological polar surface area (TPSA) is 42.0 Å². The Hall–Kier alpha value is -1.81. The van der Waals surface area contributed by atoms with Crippen molar-refractivity contribution < 1.29 is 4.79 Å². The van der Waals surface area contributed by atoms with Crippen LogP contribution in [0.1, 0.15) is 11.1 Å². The molecule has 96 valence electrons. The Labute approximate surface area is 116 Å². The summed E-state index contributed by atoms with van der Waals surface area (Å²) in [4.78, 5) is 17.4. The van der Waals surface area contributed by atoms with Gasteiger partial charge in [-0.05, 0) is 37.1 Å². The smallest absolute Gasteiger partial charge is 0.238 e. The summed E-state index contributed by atoms with van der Waals surface area (Å²) in [5, 5.41) is 2.90. The maximum Gasteiger partial charge on any atom is 0.238 e. The largest absolute Gasteiger partial charge is 0.325 e. The number of fused-ring (bicyclic) bond motifs is 1. The van der Waals surface area contributed by atoms with Crippen LogP contribution in [0.15, 0.2) is 47.6 Å². The maximum absolute atomic E-state index is 12.2. The molecule has 3 rings (SSSR count). The molecule has 2 heterocycles. The second-order valence-electron chi connectivity index (χ2n) is 4.65. The summed E-state index contributed by atoms with van der Waals surface area (Å²) < 4.78 is 0. The molecule has 1 aliphatic rings. The summed E-state index contributed by atoms with van der Waals surface area (Å²) in [7, 11) is 0. The number of anilines is 1. The van der Waals surface area contributed by atoms with Crippen LogP contribution in [0.3, 0.4) is 0 Å². The molecule has 0 aliphatic carbocycles. The molecule has 0 bridgehead atoms. The Morgan fingerprint density at radius 1 is 1.32 bits per heavy atom. The van der Waals surface area contributed by atoms with E-state index in [0.29, 0.717) is 0 Å². The first kappa shape index (κ1) is 12.2. The molecule has 0 saturated heterocycles. The van der Waals surface area contributed by atoms with Crippen molar-refractivity contribution in [1.82, 2.24) is 4.98 Å². The van der Waals surface area contributed by atoms with Crippen LogP contribution in [-0.4, -0.2) is 16.1 Å². The molecule has 3 nitrogen and oxygen atoms in total. The van der Waals surface area contributed by atoms with Gasteiger partial charge in [-0.2, -0.15) is 0 Å². The molecule has 0 radical (unpaired) electrons. The third-order valence-electron chi connectivity index (χ3n) is 3.14. The monoisotopic (exact) mass is 270 g/mol. The lowest BCUT2D eigenvalue weighted by atomic mass is 10.1. The van der Waals surface area contributed by atoms with Gasteiger partial charge < -0.3 is 5.32 Å². The van der Waals surface area contributed by atoms with Crippen LogP contribution in [0, 0.1) is 6.92 Å². The van der Waals surface area contributed by atoms with Crippen LogP contribution in [0.4, 0.5) is 5.69 Å². The van der Waals surface area contributed by atoms with Crippen molar-refractivity contribution in [1.29, 1.82) is 0 Å². The fourth-order valence-corrected chi connectivity index (χ4v) is 3.43. The zero-order valence-electron chi connectivity index (χ0n) is 10.6. The molecule has 19 heavy (non-hydrogen) atoms. The highest BCUT2D eigenvalue weighted by atomic mass is 32.2. The molecular weight excluding hydrogens is 256 g/mol. The zero-order chi connectivity index (χ0) is 13.2. The normalized spacial score (nSPS) is 17.0. The molecular formula is C15H14N2OS. The first-order chi connectivity index (χ1) is 9.22. The number of hydrogen-bond acceptors (Lipinski definition) is 3. The second kappa shape index (κ2) is 5.05. The minimum Gasteiger partial charge on any atom is -0.325 e.